The van der Waals surface area contributed by atoms with Gasteiger partial charge in [-0.3, -0.25) is 0 Å². The van der Waals surface area contributed by atoms with Crippen molar-refractivity contribution >= 4 is 43.0 Å². The quantitative estimate of drug-likeness (QED) is 0.674. The van der Waals surface area contributed by atoms with Crippen LogP contribution in [-0.2, 0) is 6.54 Å². The lowest BCUT2D eigenvalue weighted by Crippen LogP contribution is -2.00. The van der Waals surface area contributed by atoms with Gasteiger partial charge in [-0.05, 0) is 40.6 Å². The highest BCUT2D eigenvalue weighted by atomic mass is 79.9. The monoisotopic (exact) mass is 335 g/mol. The highest BCUT2D eigenvalue weighted by Gasteiger charge is 2.05. The first-order chi connectivity index (χ1) is 9.24. The van der Waals surface area contributed by atoms with Crippen LogP contribution in [0.5, 0.6) is 0 Å². The molecule has 96 valence electrons. The molecule has 0 aliphatic rings. The van der Waals surface area contributed by atoms with E-state index in [1.165, 1.54) is 21.7 Å². The number of anilines is 1. The Labute approximate surface area is 123 Å². The molecule has 1 heterocycles. The van der Waals surface area contributed by atoms with Crippen LogP contribution >= 0.6 is 27.3 Å². The fourth-order valence-electron chi connectivity index (χ4n) is 1.99. The van der Waals surface area contributed by atoms with Crippen molar-refractivity contribution in [1.82, 2.24) is 0 Å². The van der Waals surface area contributed by atoms with E-state index in [0.29, 0.717) is 12.2 Å². The van der Waals surface area contributed by atoms with Gasteiger partial charge in [0, 0.05) is 15.7 Å². The Morgan fingerprint density at radius 2 is 2.00 bits per heavy atom. The molecule has 0 saturated carbocycles. The topological polar surface area (TPSA) is 12.0 Å². The third-order valence-corrected chi connectivity index (χ3v) is 4.46. The molecule has 1 N–H and O–H groups in total. The van der Waals surface area contributed by atoms with Crippen LogP contribution in [0.1, 0.15) is 5.56 Å². The molecule has 0 fully saturated rings. The van der Waals surface area contributed by atoms with Crippen molar-refractivity contribution in [2.75, 3.05) is 5.32 Å². The van der Waals surface area contributed by atoms with Crippen LogP contribution in [-0.4, -0.2) is 0 Å². The molecule has 19 heavy (non-hydrogen) atoms. The minimum Gasteiger partial charge on any atom is -0.379 e. The third-order valence-electron chi connectivity index (χ3n) is 2.96. The molecule has 0 radical (unpaired) electrons. The predicted octanol–water partition coefficient (Wildman–Crippen LogP) is 5.42. The summed E-state index contributed by atoms with van der Waals surface area (Å²) in [4.78, 5) is 0. The summed E-state index contributed by atoms with van der Waals surface area (Å²) in [5.74, 6) is -0.234. The molecule has 3 rings (SSSR count). The number of rotatable bonds is 3. The van der Waals surface area contributed by atoms with Crippen molar-refractivity contribution in [2.45, 2.75) is 6.54 Å². The lowest BCUT2D eigenvalue weighted by Gasteiger charge is -2.07. The third kappa shape index (κ3) is 2.65. The fourth-order valence-corrected chi connectivity index (χ4v) is 3.32. The van der Waals surface area contributed by atoms with E-state index in [1.54, 1.807) is 23.5 Å². The summed E-state index contributed by atoms with van der Waals surface area (Å²) in [7, 11) is 0. The smallest absolute Gasteiger partial charge is 0.146 e. The van der Waals surface area contributed by atoms with Crippen LogP contribution in [0.4, 0.5) is 10.1 Å². The lowest BCUT2D eigenvalue weighted by molar-refractivity contribution is 0.630. The Morgan fingerprint density at radius 3 is 2.89 bits per heavy atom. The van der Waals surface area contributed by atoms with Gasteiger partial charge in [-0.1, -0.05) is 34.1 Å². The fraction of sp³-hybridized carbons (Fsp3) is 0.0667. The minimum absolute atomic E-state index is 0.234. The minimum atomic E-state index is -0.234. The van der Waals surface area contributed by atoms with Gasteiger partial charge in [-0.15, -0.1) is 11.3 Å². The first-order valence-corrected chi connectivity index (χ1v) is 7.55. The summed E-state index contributed by atoms with van der Waals surface area (Å²) >= 11 is 5.06. The van der Waals surface area contributed by atoms with Gasteiger partial charge in [-0.25, -0.2) is 4.39 Å². The first kappa shape index (κ1) is 12.6. The van der Waals surface area contributed by atoms with E-state index in [2.05, 4.69) is 38.8 Å². The number of thiophene rings is 1. The van der Waals surface area contributed by atoms with E-state index in [-0.39, 0.29) is 5.82 Å². The van der Waals surface area contributed by atoms with Crippen molar-refractivity contribution in [2.24, 2.45) is 0 Å². The molecule has 0 atom stereocenters. The highest BCUT2D eigenvalue weighted by molar-refractivity contribution is 9.10. The normalized spacial score (nSPS) is 10.8. The van der Waals surface area contributed by atoms with E-state index >= 15 is 0 Å². The Balaban J connectivity index is 1.84. The average molecular weight is 336 g/mol. The van der Waals surface area contributed by atoms with Crippen LogP contribution < -0.4 is 5.32 Å². The van der Waals surface area contributed by atoms with Crippen molar-refractivity contribution < 1.29 is 4.39 Å². The second-order valence-corrected chi connectivity index (χ2v) is 6.06. The number of hydrogen-bond acceptors (Lipinski definition) is 2. The zero-order valence-electron chi connectivity index (χ0n) is 9.99. The number of hydrogen-bond donors (Lipinski definition) is 1. The summed E-state index contributed by atoms with van der Waals surface area (Å²) in [5, 5.41) is 6.50. The summed E-state index contributed by atoms with van der Waals surface area (Å²) in [5.41, 5.74) is 1.71. The molecule has 0 saturated heterocycles. The highest BCUT2D eigenvalue weighted by Crippen LogP contribution is 2.27. The maximum atomic E-state index is 13.6. The molecule has 1 aromatic heterocycles. The number of fused-ring (bicyclic) bond motifs is 1. The molecule has 0 amide bonds. The van der Waals surface area contributed by atoms with Gasteiger partial charge >= 0.3 is 0 Å². The molecule has 0 aliphatic heterocycles. The van der Waals surface area contributed by atoms with Gasteiger partial charge in [0.2, 0.25) is 0 Å². The van der Waals surface area contributed by atoms with Gasteiger partial charge in [0.15, 0.2) is 0 Å². The standard InChI is InChI=1S/C15H11BrFNS/c16-11-5-6-13(17)14(7-11)18-8-10-9-19-15-4-2-1-3-12(10)15/h1-7,9,18H,8H2. The van der Waals surface area contributed by atoms with Crippen molar-refractivity contribution in [3.63, 3.8) is 0 Å². The number of benzene rings is 2. The van der Waals surface area contributed by atoms with E-state index in [1.807, 2.05) is 12.1 Å². The molecule has 0 aliphatic carbocycles. The zero-order chi connectivity index (χ0) is 13.2. The number of halogens is 2. The maximum Gasteiger partial charge on any atom is 0.146 e. The molecule has 2 aromatic carbocycles. The largest absolute Gasteiger partial charge is 0.379 e. The van der Waals surface area contributed by atoms with Crippen LogP contribution in [0.25, 0.3) is 10.1 Å². The first-order valence-electron chi connectivity index (χ1n) is 5.88. The van der Waals surface area contributed by atoms with Crippen LogP contribution in [0.3, 0.4) is 0 Å². The van der Waals surface area contributed by atoms with Gasteiger partial charge in [0.05, 0.1) is 5.69 Å². The molecular formula is C15H11BrFNS. The van der Waals surface area contributed by atoms with Crippen molar-refractivity contribution in [1.29, 1.82) is 0 Å². The zero-order valence-corrected chi connectivity index (χ0v) is 12.4. The van der Waals surface area contributed by atoms with Gasteiger partial charge in [0.1, 0.15) is 5.82 Å². The molecule has 3 aromatic rings. The molecule has 1 nitrogen and oxygen atoms in total. The average Bonchev–Trinajstić information content (AvgIpc) is 2.83. The second-order valence-electron chi connectivity index (χ2n) is 4.23. The Kier molecular flexibility index (Phi) is 3.53. The Hall–Kier alpha value is -1.39. The Morgan fingerprint density at radius 1 is 1.16 bits per heavy atom. The van der Waals surface area contributed by atoms with E-state index in [0.717, 1.165) is 4.47 Å². The van der Waals surface area contributed by atoms with Gasteiger partial charge < -0.3 is 5.32 Å². The molecule has 0 bridgehead atoms. The summed E-state index contributed by atoms with van der Waals surface area (Å²) < 4.78 is 15.8. The summed E-state index contributed by atoms with van der Waals surface area (Å²) in [6.07, 6.45) is 0. The SMILES string of the molecule is Fc1ccc(Br)cc1NCc1csc2ccccc12. The van der Waals surface area contributed by atoms with E-state index in [4.69, 9.17) is 0 Å². The number of nitrogens with one attached hydrogen (secondary N) is 1. The van der Waals surface area contributed by atoms with Gasteiger partial charge in [-0.2, -0.15) is 0 Å². The molecular weight excluding hydrogens is 325 g/mol. The lowest BCUT2D eigenvalue weighted by atomic mass is 10.2. The van der Waals surface area contributed by atoms with E-state index in [9.17, 15) is 4.39 Å². The van der Waals surface area contributed by atoms with Crippen molar-refractivity contribution in [3.8, 4) is 0 Å². The Bertz CT molecular complexity index is 723. The molecule has 0 unspecified atom stereocenters. The second kappa shape index (κ2) is 5.31. The summed E-state index contributed by atoms with van der Waals surface area (Å²) in [6, 6.07) is 13.2. The van der Waals surface area contributed by atoms with E-state index < -0.39 is 0 Å². The van der Waals surface area contributed by atoms with Gasteiger partial charge in [0.25, 0.3) is 0 Å². The van der Waals surface area contributed by atoms with Crippen LogP contribution in [0.15, 0.2) is 52.3 Å². The molecule has 0 spiro atoms. The predicted molar refractivity (Wildman–Crippen MR) is 83.3 cm³/mol. The van der Waals surface area contributed by atoms with Crippen LogP contribution in [0, 0.1) is 5.82 Å². The van der Waals surface area contributed by atoms with Crippen molar-refractivity contribution in [3.05, 3.63) is 63.7 Å². The van der Waals surface area contributed by atoms with Crippen LogP contribution in [0.2, 0.25) is 0 Å². The summed E-state index contributed by atoms with van der Waals surface area (Å²) in [6.45, 7) is 0.622. The molecule has 4 heteroatoms. The maximum absolute atomic E-state index is 13.6.